The van der Waals surface area contributed by atoms with E-state index < -0.39 is 42.0 Å². The van der Waals surface area contributed by atoms with Gasteiger partial charge in [-0.05, 0) is 45.9 Å². The van der Waals surface area contributed by atoms with Crippen molar-refractivity contribution in [2.75, 3.05) is 6.54 Å². The zero-order valence-corrected chi connectivity index (χ0v) is 24.7. The molecule has 0 bridgehead atoms. The summed E-state index contributed by atoms with van der Waals surface area (Å²) < 4.78 is 0. The second-order valence-corrected chi connectivity index (χ2v) is 10.8. The lowest BCUT2D eigenvalue weighted by Gasteiger charge is -2.29. The van der Waals surface area contributed by atoms with E-state index in [1.54, 1.807) is 4.90 Å². The third-order valence-electron chi connectivity index (χ3n) is 6.98. The van der Waals surface area contributed by atoms with E-state index in [9.17, 15) is 19.2 Å². The second-order valence-electron chi connectivity index (χ2n) is 10.8. The smallest absolute Gasteiger partial charge is 0.255 e. The summed E-state index contributed by atoms with van der Waals surface area (Å²) >= 11 is 0. The minimum Gasteiger partial charge on any atom is -0.370 e. The lowest BCUT2D eigenvalue weighted by Crippen LogP contribution is -2.53. The molecule has 13 heteroatoms. The Morgan fingerprint density at radius 1 is 1.00 bits per heavy atom. The van der Waals surface area contributed by atoms with Crippen LogP contribution in [0.5, 0.6) is 0 Å². The van der Waals surface area contributed by atoms with Crippen molar-refractivity contribution in [1.82, 2.24) is 36.3 Å². The first-order valence-corrected chi connectivity index (χ1v) is 14.4. The van der Waals surface area contributed by atoms with Crippen molar-refractivity contribution in [1.29, 1.82) is 0 Å². The number of H-pyrrole nitrogens is 1. The van der Waals surface area contributed by atoms with Gasteiger partial charge in [0.25, 0.3) is 5.91 Å². The number of nitrogens with zero attached hydrogens (tertiary/aromatic N) is 4. The van der Waals surface area contributed by atoms with Gasteiger partial charge >= 0.3 is 0 Å². The molecule has 2 atom stereocenters. The van der Waals surface area contributed by atoms with E-state index in [0.29, 0.717) is 12.4 Å². The van der Waals surface area contributed by atoms with Crippen LogP contribution in [-0.2, 0) is 25.7 Å². The van der Waals surface area contributed by atoms with E-state index in [-0.39, 0.29) is 18.9 Å². The number of amides is 4. The van der Waals surface area contributed by atoms with Crippen molar-refractivity contribution < 1.29 is 24.4 Å². The molecule has 0 fully saturated rings. The molecule has 4 amide bonds. The van der Waals surface area contributed by atoms with E-state index in [1.165, 1.54) is 5.48 Å². The van der Waals surface area contributed by atoms with E-state index in [2.05, 4.69) is 32.9 Å². The first-order valence-electron chi connectivity index (χ1n) is 14.4. The SMILES string of the molecule is CCCCCN(Cc1ccc(-c2ccccc2-c2nnn[nH]2)cc1)C(=O)[C@H](CC(N)=O)NC(=O)C(CC(C)C)C(=O)NO. The quantitative estimate of drug-likeness (QED) is 0.0724. The third-order valence-corrected chi connectivity index (χ3v) is 6.98. The molecule has 1 aromatic heterocycles. The Bertz CT molecular complexity index is 1360. The van der Waals surface area contributed by atoms with Crippen LogP contribution in [0, 0.1) is 11.8 Å². The molecule has 0 saturated carbocycles. The monoisotopic (exact) mass is 592 g/mol. The summed E-state index contributed by atoms with van der Waals surface area (Å²) in [5, 5.41) is 25.8. The summed E-state index contributed by atoms with van der Waals surface area (Å²) in [5.74, 6) is -3.67. The molecule has 0 aliphatic carbocycles. The number of aromatic nitrogens is 4. The zero-order valence-electron chi connectivity index (χ0n) is 24.7. The molecule has 0 saturated heterocycles. The summed E-state index contributed by atoms with van der Waals surface area (Å²) in [6, 6.07) is 14.2. The lowest BCUT2D eigenvalue weighted by molar-refractivity contribution is -0.144. The molecule has 13 nitrogen and oxygen atoms in total. The molecule has 43 heavy (non-hydrogen) atoms. The molecule has 0 aliphatic rings. The highest BCUT2D eigenvalue weighted by atomic mass is 16.5. The molecule has 230 valence electrons. The standard InChI is InChI=1S/C30H40N8O5/c1-4-5-8-15-38(30(42)25(17-26(31)39)32-28(40)24(16-19(2)3)29(41)35-43)18-20-11-13-21(14-12-20)22-9-6-7-10-23(22)27-33-36-37-34-27/h6-7,9-14,19,24-25,43H,4-5,8,15-18H2,1-3H3,(H2,31,39)(H,32,40)(H,35,41)(H,33,34,36,37)/t24?,25-/m0/s1. The number of tetrazole rings is 1. The second kappa shape index (κ2) is 16.1. The Morgan fingerprint density at radius 3 is 2.28 bits per heavy atom. The molecule has 0 aliphatic heterocycles. The molecular weight excluding hydrogens is 552 g/mol. The van der Waals surface area contributed by atoms with Crippen LogP contribution in [-0.4, -0.2) is 66.9 Å². The van der Waals surface area contributed by atoms with Gasteiger partial charge in [0.1, 0.15) is 12.0 Å². The average molecular weight is 593 g/mol. The highest BCUT2D eigenvalue weighted by Crippen LogP contribution is 2.30. The Hall–Kier alpha value is -4.65. The number of nitrogens with two attached hydrogens (primary N) is 1. The molecular formula is C30H40N8O5. The first kappa shape index (κ1) is 32.9. The van der Waals surface area contributed by atoms with Gasteiger partial charge in [-0.15, -0.1) is 5.10 Å². The first-order chi connectivity index (χ1) is 20.6. The molecule has 1 unspecified atom stereocenters. The number of aromatic amines is 1. The van der Waals surface area contributed by atoms with Gasteiger partial charge in [-0.2, -0.15) is 0 Å². The van der Waals surface area contributed by atoms with Gasteiger partial charge in [0.05, 0.1) is 6.42 Å². The number of nitrogens with one attached hydrogen (secondary N) is 3. The number of carbonyl (C=O) groups excluding carboxylic acids is 4. The largest absolute Gasteiger partial charge is 0.370 e. The number of carbonyl (C=O) groups is 4. The van der Waals surface area contributed by atoms with Crippen molar-refractivity contribution in [3.05, 3.63) is 54.1 Å². The van der Waals surface area contributed by atoms with E-state index >= 15 is 0 Å². The molecule has 6 N–H and O–H groups in total. The number of hydrogen-bond acceptors (Lipinski definition) is 8. The normalized spacial score (nSPS) is 12.4. The highest BCUT2D eigenvalue weighted by Gasteiger charge is 2.33. The fourth-order valence-electron chi connectivity index (χ4n) is 4.82. The Labute approximate surface area is 250 Å². The van der Waals surface area contributed by atoms with Crippen LogP contribution >= 0.6 is 0 Å². The lowest BCUT2D eigenvalue weighted by atomic mass is 9.95. The Balaban J connectivity index is 1.84. The molecule has 2 aromatic carbocycles. The van der Waals surface area contributed by atoms with Crippen LogP contribution in [0.1, 0.15) is 58.4 Å². The fourth-order valence-corrected chi connectivity index (χ4v) is 4.82. The topological polar surface area (TPSA) is 196 Å². The van der Waals surface area contributed by atoms with Crippen molar-refractivity contribution in [3.8, 4) is 22.5 Å². The maximum Gasteiger partial charge on any atom is 0.255 e. The van der Waals surface area contributed by atoms with Gasteiger partial charge in [-0.3, -0.25) is 24.4 Å². The van der Waals surface area contributed by atoms with Crippen molar-refractivity contribution in [2.24, 2.45) is 17.6 Å². The number of primary amides is 1. The Morgan fingerprint density at radius 2 is 1.70 bits per heavy atom. The predicted octanol–water partition coefficient (Wildman–Crippen LogP) is 2.58. The van der Waals surface area contributed by atoms with E-state index in [0.717, 1.165) is 41.5 Å². The van der Waals surface area contributed by atoms with Gasteiger partial charge in [-0.1, -0.05) is 82.1 Å². The van der Waals surface area contributed by atoms with Crippen LogP contribution in [0.15, 0.2) is 48.5 Å². The minimum absolute atomic E-state index is 0.0498. The molecule has 3 rings (SSSR count). The van der Waals surface area contributed by atoms with Crippen LogP contribution in [0.25, 0.3) is 22.5 Å². The van der Waals surface area contributed by atoms with Gasteiger partial charge in [0.15, 0.2) is 5.82 Å². The fraction of sp³-hybridized carbons (Fsp3) is 0.433. The number of hydroxylamine groups is 1. The highest BCUT2D eigenvalue weighted by molar-refractivity contribution is 6.02. The summed E-state index contributed by atoms with van der Waals surface area (Å²) in [4.78, 5) is 52.6. The molecule has 1 heterocycles. The van der Waals surface area contributed by atoms with Gasteiger partial charge < -0.3 is 16.0 Å². The van der Waals surface area contributed by atoms with E-state index in [4.69, 9.17) is 10.9 Å². The summed E-state index contributed by atoms with van der Waals surface area (Å²) in [5.41, 5.74) is 10.5. The van der Waals surface area contributed by atoms with Crippen LogP contribution in [0.4, 0.5) is 0 Å². The molecule has 3 aromatic rings. The Kier molecular flexibility index (Phi) is 12.3. The van der Waals surface area contributed by atoms with Crippen LogP contribution in [0.2, 0.25) is 0 Å². The summed E-state index contributed by atoms with van der Waals surface area (Å²) in [6.45, 7) is 6.32. The van der Waals surface area contributed by atoms with Gasteiger partial charge in [-0.25, -0.2) is 10.6 Å². The summed E-state index contributed by atoms with van der Waals surface area (Å²) in [7, 11) is 0. The van der Waals surface area contributed by atoms with Crippen molar-refractivity contribution >= 4 is 23.6 Å². The van der Waals surface area contributed by atoms with Crippen molar-refractivity contribution in [3.63, 3.8) is 0 Å². The van der Waals surface area contributed by atoms with Crippen LogP contribution in [0.3, 0.4) is 0 Å². The zero-order chi connectivity index (χ0) is 31.4. The summed E-state index contributed by atoms with van der Waals surface area (Å²) in [6.07, 6.45) is 2.25. The maximum atomic E-state index is 13.8. The number of benzene rings is 2. The maximum absolute atomic E-state index is 13.8. The average Bonchev–Trinajstić information content (AvgIpc) is 3.53. The van der Waals surface area contributed by atoms with Crippen molar-refractivity contribution in [2.45, 2.75) is 65.5 Å². The molecule has 0 spiro atoms. The minimum atomic E-state index is -1.27. The van der Waals surface area contributed by atoms with Gasteiger partial charge in [0, 0.05) is 18.7 Å². The number of unbranched alkanes of at least 4 members (excludes halogenated alkanes) is 2. The predicted molar refractivity (Wildman–Crippen MR) is 159 cm³/mol. The third kappa shape index (κ3) is 9.43. The number of rotatable bonds is 16. The van der Waals surface area contributed by atoms with Crippen LogP contribution < -0.4 is 16.5 Å². The number of hydrogen-bond donors (Lipinski definition) is 5. The van der Waals surface area contributed by atoms with E-state index in [1.807, 2.05) is 62.4 Å². The molecule has 0 radical (unpaired) electrons. The van der Waals surface area contributed by atoms with Gasteiger partial charge in [0.2, 0.25) is 17.7 Å².